The molecule has 0 saturated heterocycles. The van der Waals surface area contributed by atoms with Crippen molar-refractivity contribution in [3.8, 4) is 0 Å². The van der Waals surface area contributed by atoms with E-state index in [1.54, 1.807) is 6.07 Å². The van der Waals surface area contributed by atoms with Crippen LogP contribution in [0.15, 0.2) is 18.2 Å². The number of hydrogen-bond acceptors (Lipinski definition) is 2. The first-order valence-electron chi connectivity index (χ1n) is 7.77. The maximum Gasteiger partial charge on any atom is 0.146 e. The molecule has 0 bridgehead atoms. The summed E-state index contributed by atoms with van der Waals surface area (Å²) in [6.45, 7) is 7.49. The first-order chi connectivity index (χ1) is 9.54. The molecule has 1 fully saturated rings. The molecule has 1 N–H and O–H groups in total. The Bertz CT molecular complexity index is 441. The van der Waals surface area contributed by atoms with E-state index in [4.69, 9.17) is 0 Å². The molecule has 1 unspecified atom stereocenters. The van der Waals surface area contributed by atoms with E-state index in [9.17, 15) is 4.39 Å². The molecule has 20 heavy (non-hydrogen) atoms. The van der Waals surface area contributed by atoms with Crippen molar-refractivity contribution in [2.45, 2.75) is 52.1 Å². The van der Waals surface area contributed by atoms with Gasteiger partial charge in [-0.2, -0.15) is 0 Å². The highest BCUT2D eigenvalue weighted by Gasteiger charge is 2.32. The zero-order valence-electron chi connectivity index (χ0n) is 13.1. The summed E-state index contributed by atoms with van der Waals surface area (Å²) in [4.78, 5) is 2.30. The van der Waals surface area contributed by atoms with Crippen LogP contribution in [0.3, 0.4) is 0 Å². The molecule has 1 aliphatic carbocycles. The molecule has 2 nitrogen and oxygen atoms in total. The van der Waals surface area contributed by atoms with Gasteiger partial charge >= 0.3 is 0 Å². The van der Waals surface area contributed by atoms with Crippen LogP contribution in [0.5, 0.6) is 0 Å². The summed E-state index contributed by atoms with van der Waals surface area (Å²) in [6, 6.07) is 6.15. The van der Waals surface area contributed by atoms with E-state index in [1.807, 2.05) is 19.2 Å². The maximum absolute atomic E-state index is 14.4. The summed E-state index contributed by atoms with van der Waals surface area (Å²) in [5.74, 6) is 0.563. The summed E-state index contributed by atoms with van der Waals surface area (Å²) in [7, 11) is 1.93. The molecule has 0 aromatic heterocycles. The molecule has 1 saturated carbocycles. The standard InChI is InChI=1S/C17H27FN2/c1-12(2)10-11-20(14-8-9-14)17-15(13(3)19-4)6-5-7-16(17)18/h5-7,12-14,19H,8-11H2,1-4H3. The fraction of sp³-hybridized carbons (Fsp3) is 0.647. The van der Waals surface area contributed by atoms with Gasteiger partial charge < -0.3 is 10.2 Å². The zero-order chi connectivity index (χ0) is 14.7. The zero-order valence-corrected chi connectivity index (χ0v) is 13.1. The van der Waals surface area contributed by atoms with Crippen molar-refractivity contribution in [3.05, 3.63) is 29.6 Å². The van der Waals surface area contributed by atoms with Gasteiger partial charge in [-0.1, -0.05) is 26.0 Å². The van der Waals surface area contributed by atoms with Crippen LogP contribution in [0.1, 0.15) is 51.6 Å². The lowest BCUT2D eigenvalue weighted by atomic mass is 10.0. The highest BCUT2D eigenvalue weighted by molar-refractivity contribution is 5.57. The number of anilines is 1. The van der Waals surface area contributed by atoms with E-state index in [2.05, 4.69) is 31.0 Å². The Morgan fingerprint density at radius 1 is 1.30 bits per heavy atom. The van der Waals surface area contributed by atoms with Crippen LogP contribution >= 0.6 is 0 Å². The van der Waals surface area contributed by atoms with Crippen LogP contribution in [0.25, 0.3) is 0 Å². The average molecular weight is 278 g/mol. The summed E-state index contributed by atoms with van der Waals surface area (Å²) >= 11 is 0. The smallest absolute Gasteiger partial charge is 0.146 e. The van der Waals surface area contributed by atoms with Crippen LogP contribution in [-0.4, -0.2) is 19.6 Å². The van der Waals surface area contributed by atoms with Gasteiger partial charge in [-0.3, -0.25) is 0 Å². The van der Waals surface area contributed by atoms with E-state index in [-0.39, 0.29) is 11.9 Å². The van der Waals surface area contributed by atoms with E-state index in [0.717, 1.165) is 24.2 Å². The van der Waals surface area contributed by atoms with Crippen molar-refractivity contribution >= 4 is 5.69 Å². The van der Waals surface area contributed by atoms with Gasteiger partial charge in [0, 0.05) is 18.6 Å². The number of nitrogens with one attached hydrogen (secondary N) is 1. The molecule has 1 atom stereocenters. The van der Waals surface area contributed by atoms with Crippen LogP contribution in [0.2, 0.25) is 0 Å². The van der Waals surface area contributed by atoms with Crippen molar-refractivity contribution < 1.29 is 4.39 Å². The van der Waals surface area contributed by atoms with Crippen LogP contribution in [-0.2, 0) is 0 Å². The van der Waals surface area contributed by atoms with E-state index in [0.29, 0.717) is 12.0 Å². The molecule has 0 amide bonds. The van der Waals surface area contributed by atoms with Crippen LogP contribution in [0, 0.1) is 11.7 Å². The summed E-state index contributed by atoms with van der Waals surface area (Å²) in [5.41, 5.74) is 1.89. The summed E-state index contributed by atoms with van der Waals surface area (Å²) in [5, 5.41) is 3.23. The Balaban J connectivity index is 2.31. The fourth-order valence-corrected chi connectivity index (χ4v) is 2.60. The van der Waals surface area contributed by atoms with Crippen molar-refractivity contribution in [2.75, 3.05) is 18.5 Å². The monoisotopic (exact) mass is 278 g/mol. The first-order valence-corrected chi connectivity index (χ1v) is 7.77. The minimum Gasteiger partial charge on any atom is -0.366 e. The van der Waals surface area contributed by atoms with E-state index < -0.39 is 0 Å². The highest BCUT2D eigenvalue weighted by Crippen LogP contribution is 2.37. The molecular formula is C17H27FN2. The molecule has 1 aromatic carbocycles. The minimum absolute atomic E-state index is 0.0831. The summed E-state index contributed by atoms with van der Waals surface area (Å²) < 4.78 is 14.4. The van der Waals surface area contributed by atoms with E-state index >= 15 is 0 Å². The van der Waals surface area contributed by atoms with Crippen LogP contribution in [0.4, 0.5) is 10.1 Å². The SMILES string of the molecule is CNC(C)c1cccc(F)c1N(CCC(C)C)C1CC1. The number of nitrogens with zero attached hydrogens (tertiary/aromatic N) is 1. The van der Waals surface area contributed by atoms with Crippen LogP contribution < -0.4 is 10.2 Å². The molecule has 0 radical (unpaired) electrons. The van der Waals surface area contributed by atoms with Crippen molar-refractivity contribution in [3.63, 3.8) is 0 Å². The topological polar surface area (TPSA) is 15.3 Å². The van der Waals surface area contributed by atoms with Gasteiger partial charge in [-0.05, 0) is 50.8 Å². The maximum atomic E-state index is 14.4. The van der Waals surface area contributed by atoms with Crippen molar-refractivity contribution in [2.24, 2.45) is 5.92 Å². The largest absolute Gasteiger partial charge is 0.366 e. The number of para-hydroxylation sites is 1. The first kappa shape index (κ1) is 15.3. The second kappa shape index (κ2) is 6.57. The number of halogens is 1. The normalized spacial score (nSPS) is 16.5. The predicted octanol–water partition coefficient (Wildman–Crippen LogP) is 4.12. The molecule has 0 spiro atoms. The van der Waals surface area contributed by atoms with Gasteiger partial charge in [-0.25, -0.2) is 4.39 Å². The fourth-order valence-electron chi connectivity index (χ4n) is 2.60. The predicted molar refractivity (Wildman–Crippen MR) is 83.7 cm³/mol. The molecule has 2 rings (SSSR count). The lowest BCUT2D eigenvalue weighted by Crippen LogP contribution is -2.31. The Morgan fingerprint density at radius 3 is 2.55 bits per heavy atom. The molecule has 3 heteroatoms. The number of benzene rings is 1. The van der Waals surface area contributed by atoms with Gasteiger partial charge in [0.05, 0.1) is 5.69 Å². The quantitative estimate of drug-likeness (QED) is 0.807. The lowest BCUT2D eigenvalue weighted by Gasteiger charge is -2.30. The Hall–Kier alpha value is -1.09. The number of rotatable bonds is 7. The van der Waals surface area contributed by atoms with Gasteiger partial charge in [-0.15, -0.1) is 0 Å². The second-order valence-corrected chi connectivity index (χ2v) is 6.30. The van der Waals surface area contributed by atoms with E-state index in [1.165, 1.54) is 12.8 Å². The van der Waals surface area contributed by atoms with Crippen molar-refractivity contribution in [1.82, 2.24) is 5.32 Å². The van der Waals surface area contributed by atoms with Crippen molar-refractivity contribution in [1.29, 1.82) is 0 Å². The summed E-state index contributed by atoms with van der Waals surface area (Å²) in [6.07, 6.45) is 3.50. The minimum atomic E-state index is -0.0831. The molecule has 1 aromatic rings. The molecule has 0 heterocycles. The molecule has 1 aliphatic rings. The number of hydrogen-bond donors (Lipinski definition) is 1. The molecule has 0 aliphatic heterocycles. The third kappa shape index (κ3) is 3.51. The lowest BCUT2D eigenvalue weighted by molar-refractivity contribution is 0.551. The molecule has 112 valence electrons. The highest BCUT2D eigenvalue weighted by atomic mass is 19.1. The Kier molecular flexibility index (Phi) is 5.03. The molecular weight excluding hydrogens is 251 g/mol. The third-order valence-corrected chi connectivity index (χ3v) is 4.14. The van der Waals surface area contributed by atoms with Gasteiger partial charge in [0.15, 0.2) is 0 Å². The van der Waals surface area contributed by atoms with Gasteiger partial charge in [0.2, 0.25) is 0 Å². The Morgan fingerprint density at radius 2 is 2.00 bits per heavy atom. The van der Waals surface area contributed by atoms with Gasteiger partial charge in [0.1, 0.15) is 5.82 Å². The van der Waals surface area contributed by atoms with Gasteiger partial charge in [0.25, 0.3) is 0 Å². The third-order valence-electron chi connectivity index (χ3n) is 4.14. The Labute approximate surface area is 122 Å². The second-order valence-electron chi connectivity index (χ2n) is 6.30. The average Bonchev–Trinajstić information content (AvgIpc) is 3.23.